The van der Waals surface area contributed by atoms with Crippen molar-refractivity contribution < 1.29 is 13.9 Å². The van der Waals surface area contributed by atoms with Gasteiger partial charge in [0.25, 0.3) is 5.91 Å². The van der Waals surface area contributed by atoms with Crippen molar-refractivity contribution >= 4 is 5.91 Å². The van der Waals surface area contributed by atoms with Crippen molar-refractivity contribution in [3.05, 3.63) is 29.8 Å². The van der Waals surface area contributed by atoms with Crippen molar-refractivity contribution in [3.8, 4) is 12.3 Å². The van der Waals surface area contributed by atoms with Gasteiger partial charge in [-0.2, -0.15) is 0 Å². The Hall–Kier alpha value is -1.93. The Kier molecular flexibility index (Phi) is 4.48. The van der Waals surface area contributed by atoms with Gasteiger partial charge in [-0.3, -0.25) is 9.78 Å². The minimum absolute atomic E-state index is 0.0395. The van der Waals surface area contributed by atoms with Crippen LogP contribution in [0.2, 0.25) is 0 Å². The predicted octanol–water partition coefficient (Wildman–Crippen LogP) is 1.38. The third-order valence-corrected chi connectivity index (χ3v) is 3.22. The van der Waals surface area contributed by atoms with E-state index in [2.05, 4.69) is 16.2 Å². The highest BCUT2D eigenvalue weighted by Crippen LogP contribution is 2.19. The summed E-state index contributed by atoms with van der Waals surface area (Å²) in [6.45, 7) is 1.28. The van der Waals surface area contributed by atoms with E-state index in [0.717, 1.165) is 19.0 Å². The molecule has 1 aliphatic rings. The molecule has 2 heterocycles. The largest absolute Gasteiger partial charge is 0.381 e. The van der Waals surface area contributed by atoms with Gasteiger partial charge in [0.2, 0.25) is 0 Å². The first-order valence-corrected chi connectivity index (χ1v) is 6.16. The molecule has 2 rings (SSSR count). The molecule has 0 spiro atoms. The summed E-state index contributed by atoms with van der Waals surface area (Å²) in [4.78, 5) is 15.6. The molecule has 1 aromatic heterocycles. The highest BCUT2D eigenvalue weighted by molar-refractivity contribution is 5.94. The Labute approximate surface area is 111 Å². The summed E-state index contributed by atoms with van der Waals surface area (Å²) in [5.41, 5.74) is -0.0395. The van der Waals surface area contributed by atoms with Gasteiger partial charge in [0.1, 0.15) is 0 Å². The fourth-order valence-corrected chi connectivity index (χ4v) is 2.12. The summed E-state index contributed by atoms with van der Waals surface area (Å²) in [5, 5.41) is 2.70. The maximum absolute atomic E-state index is 13.4. The third-order valence-electron chi connectivity index (χ3n) is 3.22. The van der Waals surface area contributed by atoms with Crippen LogP contribution in [0.4, 0.5) is 4.39 Å². The molecule has 1 saturated heterocycles. The number of pyridine rings is 1. The van der Waals surface area contributed by atoms with Crippen LogP contribution in [0.15, 0.2) is 18.5 Å². The molecule has 1 fully saturated rings. The Morgan fingerprint density at radius 1 is 1.58 bits per heavy atom. The molecule has 1 aliphatic heterocycles. The fraction of sp³-hybridized carbons (Fsp3) is 0.429. The second kappa shape index (κ2) is 6.30. The molecule has 0 radical (unpaired) electrons. The third kappa shape index (κ3) is 3.30. The highest BCUT2D eigenvalue weighted by atomic mass is 19.1. The van der Waals surface area contributed by atoms with Crippen LogP contribution < -0.4 is 5.32 Å². The van der Waals surface area contributed by atoms with Crippen LogP contribution in [0.25, 0.3) is 0 Å². The molecule has 1 amide bonds. The summed E-state index contributed by atoms with van der Waals surface area (Å²) in [5.74, 6) is 1.58. The van der Waals surface area contributed by atoms with Gasteiger partial charge in [-0.25, -0.2) is 4.39 Å². The molecular formula is C14H15FN2O2. The quantitative estimate of drug-likeness (QED) is 0.837. The lowest BCUT2D eigenvalue weighted by molar-refractivity contribution is 0.0579. The standard InChI is InChI=1S/C14H15FN2O2/c1-2-13(10-4-7-19-8-5-10)17-14(18)11-3-6-16-9-12(11)15/h1,3,6,9-10,13H,4-5,7-8H2,(H,17,18)/t13-/m0/s1. The lowest BCUT2D eigenvalue weighted by Crippen LogP contribution is -2.41. The minimum Gasteiger partial charge on any atom is -0.381 e. The lowest BCUT2D eigenvalue weighted by atomic mass is 9.92. The van der Waals surface area contributed by atoms with Crippen molar-refractivity contribution in [2.45, 2.75) is 18.9 Å². The van der Waals surface area contributed by atoms with Crippen molar-refractivity contribution in [2.24, 2.45) is 5.92 Å². The van der Waals surface area contributed by atoms with Crippen molar-refractivity contribution in [3.63, 3.8) is 0 Å². The zero-order valence-electron chi connectivity index (χ0n) is 10.4. The first-order chi connectivity index (χ1) is 9.22. The number of aromatic nitrogens is 1. The normalized spacial score (nSPS) is 17.5. The van der Waals surface area contributed by atoms with Crippen molar-refractivity contribution in [1.82, 2.24) is 10.3 Å². The predicted molar refractivity (Wildman–Crippen MR) is 67.8 cm³/mol. The van der Waals surface area contributed by atoms with Gasteiger partial charge >= 0.3 is 0 Å². The van der Waals surface area contributed by atoms with Gasteiger partial charge in [0.15, 0.2) is 5.82 Å². The SMILES string of the molecule is C#C[C@H](NC(=O)c1ccncc1F)C1CCOCC1. The number of terminal acetylenes is 1. The molecule has 19 heavy (non-hydrogen) atoms. The molecule has 0 unspecified atom stereocenters. The van der Waals surface area contributed by atoms with Crippen LogP contribution in [0.5, 0.6) is 0 Å². The molecule has 1 atom stereocenters. The van der Waals surface area contributed by atoms with E-state index in [1.54, 1.807) is 0 Å². The number of hydrogen-bond acceptors (Lipinski definition) is 3. The molecule has 0 bridgehead atoms. The first-order valence-electron chi connectivity index (χ1n) is 6.16. The van der Waals surface area contributed by atoms with E-state index in [-0.39, 0.29) is 11.5 Å². The zero-order chi connectivity index (χ0) is 13.7. The number of carbonyl (C=O) groups is 1. The number of amides is 1. The fourth-order valence-electron chi connectivity index (χ4n) is 2.12. The lowest BCUT2D eigenvalue weighted by Gasteiger charge is -2.27. The zero-order valence-corrected chi connectivity index (χ0v) is 10.4. The number of hydrogen-bond donors (Lipinski definition) is 1. The van der Waals surface area contributed by atoms with Gasteiger partial charge in [-0.1, -0.05) is 5.92 Å². The maximum Gasteiger partial charge on any atom is 0.255 e. The summed E-state index contributed by atoms with van der Waals surface area (Å²) >= 11 is 0. The van der Waals surface area contributed by atoms with Crippen LogP contribution in [0.3, 0.4) is 0 Å². The molecule has 0 aliphatic carbocycles. The Morgan fingerprint density at radius 2 is 2.32 bits per heavy atom. The molecule has 1 aromatic rings. The van der Waals surface area contributed by atoms with E-state index < -0.39 is 17.8 Å². The van der Waals surface area contributed by atoms with E-state index in [9.17, 15) is 9.18 Å². The first kappa shape index (κ1) is 13.5. The molecule has 5 heteroatoms. The summed E-state index contributed by atoms with van der Waals surface area (Å²) in [7, 11) is 0. The number of rotatable bonds is 3. The summed E-state index contributed by atoms with van der Waals surface area (Å²) in [6, 6.07) is 0.936. The monoisotopic (exact) mass is 262 g/mol. The van der Waals surface area contributed by atoms with Crippen molar-refractivity contribution in [2.75, 3.05) is 13.2 Å². The summed E-state index contributed by atoms with van der Waals surface area (Å²) < 4.78 is 18.7. The van der Waals surface area contributed by atoms with E-state index >= 15 is 0 Å². The smallest absolute Gasteiger partial charge is 0.255 e. The molecule has 100 valence electrons. The number of ether oxygens (including phenoxy) is 1. The second-order valence-corrected chi connectivity index (χ2v) is 4.42. The van der Waals surface area contributed by atoms with E-state index in [1.807, 2.05) is 0 Å². The summed E-state index contributed by atoms with van der Waals surface area (Å²) in [6.07, 6.45) is 9.44. The number of carbonyl (C=O) groups excluding carboxylic acids is 1. The van der Waals surface area contributed by atoms with Gasteiger partial charge < -0.3 is 10.1 Å². The van der Waals surface area contributed by atoms with Gasteiger partial charge in [-0.15, -0.1) is 6.42 Å². The van der Waals surface area contributed by atoms with Gasteiger partial charge in [0.05, 0.1) is 17.8 Å². The Balaban J connectivity index is 2.04. The van der Waals surface area contributed by atoms with Gasteiger partial charge in [-0.05, 0) is 24.8 Å². The van der Waals surface area contributed by atoms with E-state index in [0.29, 0.717) is 13.2 Å². The second-order valence-electron chi connectivity index (χ2n) is 4.42. The van der Waals surface area contributed by atoms with Crippen LogP contribution in [0, 0.1) is 24.1 Å². The highest BCUT2D eigenvalue weighted by Gasteiger charge is 2.25. The van der Waals surface area contributed by atoms with Crippen LogP contribution in [0.1, 0.15) is 23.2 Å². The minimum atomic E-state index is -0.650. The molecule has 1 N–H and O–H groups in total. The van der Waals surface area contributed by atoms with E-state index in [4.69, 9.17) is 11.2 Å². The number of nitrogens with one attached hydrogen (secondary N) is 1. The van der Waals surface area contributed by atoms with Crippen LogP contribution >= 0.6 is 0 Å². The number of nitrogens with zero attached hydrogens (tertiary/aromatic N) is 1. The average Bonchev–Trinajstić information content (AvgIpc) is 2.46. The average molecular weight is 262 g/mol. The Morgan fingerprint density at radius 3 is 2.95 bits per heavy atom. The molecule has 0 aromatic carbocycles. The maximum atomic E-state index is 13.4. The topological polar surface area (TPSA) is 51.2 Å². The van der Waals surface area contributed by atoms with Crippen LogP contribution in [-0.4, -0.2) is 30.1 Å². The van der Waals surface area contributed by atoms with E-state index in [1.165, 1.54) is 12.3 Å². The van der Waals surface area contributed by atoms with Crippen molar-refractivity contribution in [1.29, 1.82) is 0 Å². The number of halogens is 1. The Bertz CT molecular complexity index is 492. The van der Waals surface area contributed by atoms with Crippen LogP contribution in [-0.2, 0) is 4.74 Å². The molecular weight excluding hydrogens is 247 g/mol. The molecule has 0 saturated carbocycles. The molecule has 4 nitrogen and oxygen atoms in total. The van der Waals surface area contributed by atoms with Gasteiger partial charge in [0, 0.05) is 19.4 Å².